The summed E-state index contributed by atoms with van der Waals surface area (Å²) in [6.45, 7) is 5.31. The number of ether oxygens (including phenoxy) is 1. The number of anilines is 1. The molecule has 1 atom stereocenters. The zero-order valence-electron chi connectivity index (χ0n) is 16.4. The molecule has 0 bridgehead atoms. The van der Waals surface area contributed by atoms with Crippen molar-refractivity contribution in [2.24, 2.45) is 5.92 Å². The van der Waals surface area contributed by atoms with Crippen molar-refractivity contribution < 1.29 is 17.9 Å². The fourth-order valence-corrected chi connectivity index (χ4v) is 5.46. The maximum atomic E-state index is 13.1. The molecule has 0 aromatic heterocycles. The van der Waals surface area contributed by atoms with Crippen molar-refractivity contribution in [1.29, 1.82) is 0 Å². The summed E-state index contributed by atoms with van der Waals surface area (Å²) in [5.41, 5.74) is 1.29. The standard InChI is InChI=1S/C20H29N3O4S/c1-15(16-4-5-16)21-20(24)18-14-17(6-7-19(18)22-8-2-3-9-22)28(25,26)23-10-12-27-13-11-23/h6-7,14-16H,2-5,8-13H2,1H3,(H,21,24). The van der Waals surface area contributed by atoms with Crippen LogP contribution in [0.3, 0.4) is 0 Å². The van der Waals surface area contributed by atoms with Crippen LogP contribution in [0, 0.1) is 5.92 Å². The molecule has 2 aliphatic heterocycles. The average molecular weight is 408 g/mol. The molecule has 1 unspecified atom stereocenters. The highest BCUT2D eigenvalue weighted by Gasteiger charge is 2.32. The van der Waals surface area contributed by atoms with Crippen molar-refractivity contribution in [3.63, 3.8) is 0 Å². The molecule has 1 aromatic rings. The van der Waals surface area contributed by atoms with E-state index in [-0.39, 0.29) is 16.8 Å². The van der Waals surface area contributed by atoms with E-state index in [1.807, 2.05) is 6.92 Å². The molecule has 2 saturated heterocycles. The van der Waals surface area contributed by atoms with Gasteiger partial charge < -0.3 is 15.0 Å². The quantitative estimate of drug-likeness (QED) is 0.778. The van der Waals surface area contributed by atoms with Gasteiger partial charge in [-0.1, -0.05) is 0 Å². The van der Waals surface area contributed by atoms with Gasteiger partial charge in [0.05, 0.1) is 23.7 Å². The maximum Gasteiger partial charge on any atom is 0.253 e. The zero-order chi connectivity index (χ0) is 19.7. The lowest BCUT2D eigenvalue weighted by Crippen LogP contribution is -2.41. The third-order valence-electron chi connectivity index (χ3n) is 5.96. The van der Waals surface area contributed by atoms with Gasteiger partial charge in [0.2, 0.25) is 10.0 Å². The minimum atomic E-state index is -3.64. The summed E-state index contributed by atoms with van der Waals surface area (Å²) >= 11 is 0. The molecule has 1 saturated carbocycles. The van der Waals surface area contributed by atoms with Gasteiger partial charge in [-0.2, -0.15) is 4.31 Å². The molecule has 154 valence electrons. The molecule has 1 N–H and O–H groups in total. The number of carbonyl (C=O) groups is 1. The van der Waals surface area contributed by atoms with Crippen LogP contribution in [0.25, 0.3) is 0 Å². The molecule has 3 aliphatic rings. The van der Waals surface area contributed by atoms with Gasteiger partial charge in [-0.05, 0) is 56.7 Å². The van der Waals surface area contributed by atoms with E-state index < -0.39 is 10.0 Å². The minimum Gasteiger partial charge on any atom is -0.379 e. The van der Waals surface area contributed by atoms with Crippen molar-refractivity contribution in [2.75, 3.05) is 44.3 Å². The summed E-state index contributed by atoms with van der Waals surface area (Å²) in [5.74, 6) is 0.361. The van der Waals surface area contributed by atoms with Crippen LogP contribution in [0.4, 0.5) is 5.69 Å². The number of nitrogens with zero attached hydrogens (tertiary/aromatic N) is 2. The lowest BCUT2D eigenvalue weighted by molar-refractivity contribution is 0.0730. The van der Waals surface area contributed by atoms with Gasteiger partial charge in [0.25, 0.3) is 5.91 Å². The minimum absolute atomic E-state index is 0.110. The number of amides is 1. The van der Waals surface area contributed by atoms with E-state index in [1.165, 1.54) is 4.31 Å². The molecule has 1 aromatic carbocycles. The number of morpholine rings is 1. The molecular weight excluding hydrogens is 378 g/mol. The van der Waals surface area contributed by atoms with Crippen LogP contribution < -0.4 is 10.2 Å². The van der Waals surface area contributed by atoms with Gasteiger partial charge in [0.15, 0.2) is 0 Å². The normalized spacial score (nSPS) is 22.2. The first-order chi connectivity index (χ1) is 13.5. The van der Waals surface area contributed by atoms with Crippen molar-refractivity contribution in [3.8, 4) is 0 Å². The Hall–Kier alpha value is -1.64. The van der Waals surface area contributed by atoms with Gasteiger partial charge >= 0.3 is 0 Å². The Morgan fingerprint density at radius 2 is 1.82 bits per heavy atom. The molecule has 2 heterocycles. The van der Waals surface area contributed by atoms with E-state index in [4.69, 9.17) is 4.74 Å². The second-order valence-corrected chi connectivity index (χ2v) is 9.93. The predicted molar refractivity (Wildman–Crippen MR) is 107 cm³/mol. The predicted octanol–water partition coefficient (Wildman–Crippen LogP) is 1.84. The molecule has 4 rings (SSSR count). The van der Waals surface area contributed by atoms with Crippen LogP contribution in [0.1, 0.15) is 43.0 Å². The number of nitrogens with one attached hydrogen (secondary N) is 1. The molecular formula is C20H29N3O4S. The molecule has 0 radical (unpaired) electrons. The molecule has 3 fully saturated rings. The van der Waals surface area contributed by atoms with Crippen molar-refractivity contribution in [3.05, 3.63) is 23.8 Å². The number of rotatable bonds is 6. The van der Waals surface area contributed by atoms with E-state index in [0.29, 0.717) is 37.8 Å². The fourth-order valence-electron chi connectivity index (χ4n) is 4.03. The number of benzene rings is 1. The highest BCUT2D eigenvalue weighted by molar-refractivity contribution is 7.89. The summed E-state index contributed by atoms with van der Waals surface area (Å²) in [6.07, 6.45) is 4.47. The van der Waals surface area contributed by atoms with Crippen LogP contribution in [-0.4, -0.2) is 64.1 Å². The van der Waals surface area contributed by atoms with E-state index in [0.717, 1.165) is 44.5 Å². The van der Waals surface area contributed by atoms with Crippen molar-refractivity contribution in [2.45, 2.75) is 43.5 Å². The van der Waals surface area contributed by atoms with Crippen LogP contribution in [0.2, 0.25) is 0 Å². The highest BCUT2D eigenvalue weighted by Crippen LogP contribution is 2.33. The van der Waals surface area contributed by atoms with Crippen LogP contribution in [0.15, 0.2) is 23.1 Å². The van der Waals surface area contributed by atoms with E-state index in [9.17, 15) is 13.2 Å². The van der Waals surface area contributed by atoms with Gasteiger partial charge in [0.1, 0.15) is 0 Å². The Kier molecular flexibility index (Phi) is 5.62. The monoisotopic (exact) mass is 407 g/mol. The summed E-state index contributed by atoms with van der Waals surface area (Å²) in [4.78, 5) is 15.4. The summed E-state index contributed by atoms with van der Waals surface area (Å²) in [6, 6.07) is 5.11. The Morgan fingerprint density at radius 3 is 2.46 bits per heavy atom. The SMILES string of the molecule is CC(NC(=O)c1cc(S(=O)(=O)N2CCOCC2)ccc1N1CCCC1)C1CC1. The second-order valence-electron chi connectivity index (χ2n) is 7.99. The van der Waals surface area contributed by atoms with E-state index in [1.54, 1.807) is 18.2 Å². The Balaban J connectivity index is 1.65. The second kappa shape index (κ2) is 8.00. The highest BCUT2D eigenvalue weighted by atomic mass is 32.2. The lowest BCUT2D eigenvalue weighted by atomic mass is 10.1. The third kappa shape index (κ3) is 4.04. The van der Waals surface area contributed by atoms with Crippen LogP contribution >= 0.6 is 0 Å². The fraction of sp³-hybridized carbons (Fsp3) is 0.650. The average Bonchev–Trinajstić information content (AvgIpc) is 3.43. The topological polar surface area (TPSA) is 79.0 Å². The van der Waals surface area contributed by atoms with Crippen LogP contribution in [-0.2, 0) is 14.8 Å². The Morgan fingerprint density at radius 1 is 1.14 bits per heavy atom. The van der Waals surface area contributed by atoms with Crippen LogP contribution in [0.5, 0.6) is 0 Å². The lowest BCUT2D eigenvalue weighted by Gasteiger charge is -2.27. The number of hydrogen-bond donors (Lipinski definition) is 1. The Labute approximate surface area is 167 Å². The Bertz CT molecular complexity index is 826. The summed E-state index contributed by atoms with van der Waals surface area (Å²) < 4.78 is 32.8. The number of hydrogen-bond acceptors (Lipinski definition) is 5. The van der Waals surface area contributed by atoms with Gasteiger partial charge in [-0.25, -0.2) is 8.42 Å². The summed E-state index contributed by atoms with van der Waals surface area (Å²) in [7, 11) is -3.64. The number of carbonyl (C=O) groups excluding carboxylic acids is 1. The van der Waals surface area contributed by atoms with Gasteiger partial charge in [-0.15, -0.1) is 0 Å². The molecule has 8 heteroatoms. The molecule has 1 amide bonds. The zero-order valence-corrected chi connectivity index (χ0v) is 17.2. The largest absolute Gasteiger partial charge is 0.379 e. The molecule has 0 spiro atoms. The summed E-state index contributed by atoms with van der Waals surface area (Å²) in [5, 5.41) is 3.09. The van der Waals surface area contributed by atoms with Crippen molar-refractivity contribution in [1.82, 2.24) is 9.62 Å². The molecule has 7 nitrogen and oxygen atoms in total. The van der Waals surface area contributed by atoms with Gasteiger partial charge in [-0.3, -0.25) is 4.79 Å². The smallest absolute Gasteiger partial charge is 0.253 e. The molecule has 1 aliphatic carbocycles. The first-order valence-corrected chi connectivity index (χ1v) is 11.7. The van der Waals surface area contributed by atoms with Gasteiger partial charge in [0, 0.05) is 37.9 Å². The van der Waals surface area contributed by atoms with Crippen molar-refractivity contribution >= 4 is 21.6 Å². The maximum absolute atomic E-state index is 13.1. The first-order valence-electron chi connectivity index (χ1n) is 10.2. The third-order valence-corrected chi connectivity index (χ3v) is 7.85. The number of sulfonamides is 1. The van der Waals surface area contributed by atoms with E-state index in [2.05, 4.69) is 10.2 Å². The molecule has 28 heavy (non-hydrogen) atoms. The van der Waals surface area contributed by atoms with E-state index >= 15 is 0 Å². The first kappa shape index (κ1) is 19.7.